The SMILES string of the molecule is Nc1ccc(N2CC3CC3C2=O)cc1. The molecule has 1 amide bonds. The van der Waals surface area contributed by atoms with Gasteiger partial charge in [-0.15, -0.1) is 0 Å². The summed E-state index contributed by atoms with van der Waals surface area (Å²) < 4.78 is 0. The van der Waals surface area contributed by atoms with Gasteiger partial charge in [-0.2, -0.15) is 0 Å². The topological polar surface area (TPSA) is 46.3 Å². The number of benzene rings is 1. The van der Waals surface area contributed by atoms with Gasteiger partial charge >= 0.3 is 0 Å². The first-order chi connectivity index (χ1) is 6.75. The van der Waals surface area contributed by atoms with Crippen LogP contribution in [0.25, 0.3) is 0 Å². The zero-order chi connectivity index (χ0) is 9.71. The number of hydrogen-bond acceptors (Lipinski definition) is 2. The van der Waals surface area contributed by atoms with E-state index >= 15 is 0 Å². The molecule has 1 saturated heterocycles. The van der Waals surface area contributed by atoms with Crippen molar-refractivity contribution in [3.8, 4) is 0 Å². The third-order valence-electron chi connectivity index (χ3n) is 3.13. The quantitative estimate of drug-likeness (QED) is 0.674. The summed E-state index contributed by atoms with van der Waals surface area (Å²) in [6.07, 6.45) is 1.10. The predicted octanol–water partition coefficient (Wildman–Crippen LogP) is 1.25. The lowest BCUT2D eigenvalue weighted by Gasteiger charge is -2.18. The summed E-state index contributed by atoms with van der Waals surface area (Å²) in [6.45, 7) is 0.896. The molecule has 2 aliphatic rings. The zero-order valence-electron chi connectivity index (χ0n) is 7.81. The van der Waals surface area contributed by atoms with E-state index in [0.29, 0.717) is 17.7 Å². The van der Waals surface area contributed by atoms with Crippen LogP contribution in [0.15, 0.2) is 24.3 Å². The third kappa shape index (κ3) is 1.02. The number of nitrogens with zero attached hydrogens (tertiary/aromatic N) is 1. The maximum atomic E-state index is 11.7. The molecule has 1 aliphatic carbocycles. The summed E-state index contributed by atoms with van der Waals surface area (Å²) in [7, 11) is 0. The van der Waals surface area contributed by atoms with Crippen LogP contribution in [0.5, 0.6) is 0 Å². The van der Waals surface area contributed by atoms with Gasteiger partial charge in [0, 0.05) is 23.8 Å². The molecule has 1 aliphatic heterocycles. The Morgan fingerprint density at radius 1 is 1.29 bits per heavy atom. The Balaban J connectivity index is 1.89. The molecule has 2 fully saturated rings. The number of carbonyl (C=O) groups excluding carboxylic acids is 1. The molecule has 72 valence electrons. The summed E-state index contributed by atoms with van der Waals surface area (Å²) in [6, 6.07) is 7.51. The molecule has 2 unspecified atom stereocenters. The first kappa shape index (κ1) is 7.85. The van der Waals surface area contributed by atoms with Gasteiger partial charge in [0.1, 0.15) is 0 Å². The molecular weight excluding hydrogens is 176 g/mol. The van der Waals surface area contributed by atoms with Crippen molar-refractivity contribution in [3.05, 3.63) is 24.3 Å². The average Bonchev–Trinajstić information content (AvgIpc) is 2.88. The maximum absolute atomic E-state index is 11.7. The van der Waals surface area contributed by atoms with Crippen LogP contribution in [0.2, 0.25) is 0 Å². The second-order valence-corrected chi connectivity index (χ2v) is 4.14. The van der Waals surface area contributed by atoms with Gasteiger partial charge in [-0.3, -0.25) is 4.79 Å². The highest BCUT2D eigenvalue weighted by atomic mass is 16.2. The maximum Gasteiger partial charge on any atom is 0.230 e. The van der Waals surface area contributed by atoms with Crippen LogP contribution in [0.1, 0.15) is 6.42 Å². The summed E-state index contributed by atoms with van der Waals surface area (Å²) in [5, 5.41) is 0. The van der Waals surface area contributed by atoms with Crippen LogP contribution in [-0.4, -0.2) is 12.5 Å². The number of hydrogen-bond donors (Lipinski definition) is 1. The summed E-state index contributed by atoms with van der Waals surface area (Å²) in [5.41, 5.74) is 7.32. The van der Waals surface area contributed by atoms with Crippen LogP contribution in [0, 0.1) is 11.8 Å². The lowest BCUT2D eigenvalue weighted by molar-refractivity contribution is -0.118. The van der Waals surface area contributed by atoms with Crippen molar-refractivity contribution in [1.29, 1.82) is 0 Å². The van der Waals surface area contributed by atoms with E-state index in [2.05, 4.69) is 0 Å². The fraction of sp³-hybridized carbons (Fsp3) is 0.364. The molecule has 0 spiro atoms. The Morgan fingerprint density at radius 2 is 2.00 bits per heavy atom. The molecule has 0 aromatic heterocycles. The highest BCUT2D eigenvalue weighted by molar-refractivity contribution is 5.99. The van der Waals surface area contributed by atoms with E-state index < -0.39 is 0 Å². The number of piperidine rings is 1. The van der Waals surface area contributed by atoms with Crippen molar-refractivity contribution < 1.29 is 4.79 Å². The molecule has 2 atom stereocenters. The number of nitrogen functional groups attached to an aromatic ring is 1. The fourth-order valence-corrected chi connectivity index (χ4v) is 2.16. The van der Waals surface area contributed by atoms with Gasteiger partial charge in [-0.1, -0.05) is 0 Å². The van der Waals surface area contributed by atoms with Crippen molar-refractivity contribution in [2.24, 2.45) is 11.8 Å². The molecule has 1 saturated carbocycles. The smallest absolute Gasteiger partial charge is 0.230 e. The molecule has 3 heteroatoms. The first-order valence-electron chi connectivity index (χ1n) is 4.92. The van der Waals surface area contributed by atoms with Gasteiger partial charge in [-0.05, 0) is 36.6 Å². The van der Waals surface area contributed by atoms with Gasteiger partial charge < -0.3 is 10.6 Å². The Labute approximate surface area is 82.5 Å². The number of anilines is 2. The van der Waals surface area contributed by atoms with E-state index in [9.17, 15) is 4.79 Å². The Kier molecular flexibility index (Phi) is 1.40. The highest BCUT2D eigenvalue weighted by Crippen LogP contribution is 2.47. The third-order valence-corrected chi connectivity index (χ3v) is 3.13. The number of nitrogens with two attached hydrogens (primary N) is 1. The second-order valence-electron chi connectivity index (χ2n) is 4.14. The van der Waals surface area contributed by atoms with Crippen molar-refractivity contribution in [1.82, 2.24) is 0 Å². The van der Waals surface area contributed by atoms with E-state index in [1.807, 2.05) is 29.2 Å². The molecule has 2 N–H and O–H groups in total. The van der Waals surface area contributed by atoms with Crippen molar-refractivity contribution in [2.45, 2.75) is 6.42 Å². The number of amides is 1. The van der Waals surface area contributed by atoms with Gasteiger partial charge in [0.25, 0.3) is 0 Å². The monoisotopic (exact) mass is 188 g/mol. The standard InChI is InChI=1S/C11H12N2O/c12-8-1-3-9(4-2-8)13-6-7-5-10(7)11(13)14/h1-4,7,10H,5-6,12H2. The molecule has 0 bridgehead atoms. The second kappa shape index (κ2) is 2.50. The van der Waals surface area contributed by atoms with Crippen LogP contribution >= 0.6 is 0 Å². The van der Waals surface area contributed by atoms with E-state index in [0.717, 1.165) is 24.3 Å². The van der Waals surface area contributed by atoms with E-state index in [4.69, 9.17) is 5.73 Å². The number of fused-ring (bicyclic) bond motifs is 1. The molecule has 3 nitrogen and oxygen atoms in total. The highest BCUT2D eigenvalue weighted by Gasteiger charge is 2.52. The number of carbonyl (C=O) groups is 1. The van der Waals surface area contributed by atoms with E-state index in [1.54, 1.807) is 0 Å². The zero-order valence-corrected chi connectivity index (χ0v) is 7.81. The average molecular weight is 188 g/mol. The molecule has 3 rings (SSSR count). The summed E-state index contributed by atoms with van der Waals surface area (Å²) in [5.74, 6) is 1.24. The summed E-state index contributed by atoms with van der Waals surface area (Å²) >= 11 is 0. The van der Waals surface area contributed by atoms with E-state index in [1.165, 1.54) is 0 Å². The van der Waals surface area contributed by atoms with Gasteiger partial charge in [0.15, 0.2) is 0 Å². The molecule has 1 heterocycles. The predicted molar refractivity (Wildman–Crippen MR) is 54.8 cm³/mol. The van der Waals surface area contributed by atoms with Crippen molar-refractivity contribution in [3.63, 3.8) is 0 Å². The van der Waals surface area contributed by atoms with Gasteiger partial charge in [0.2, 0.25) is 5.91 Å². The molecule has 0 radical (unpaired) electrons. The minimum Gasteiger partial charge on any atom is -0.399 e. The number of rotatable bonds is 1. The Bertz CT molecular complexity index is 385. The van der Waals surface area contributed by atoms with Crippen LogP contribution in [0.4, 0.5) is 11.4 Å². The molecule has 14 heavy (non-hydrogen) atoms. The molecule has 1 aromatic rings. The minimum atomic E-state index is 0.291. The minimum absolute atomic E-state index is 0.291. The lowest BCUT2D eigenvalue weighted by Crippen LogP contribution is -2.27. The largest absolute Gasteiger partial charge is 0.399 e. The Morgan fingerprint density at radius 3 is 2.57 bits per heavy atom. The summed E-state index contributed by atoms with van der Waals surface area (Å²) in [4.78, 5) is 13.6. The van der Waals surface area contributed by atoms with Gasteiger partial charge in [-0.25, -0.2) is 0 Å². The van der Waals surface area contributed by atoms with Gasteiger partial charge in [0.05, 0.1) is 0 Å². The Hall–Kier alpha value is -1.51. The van der Waals surface area contributed by atoms with Crippen LogP contribution in [0.3, 0.4) is 0 Å². The lowest BCUT2D eigenvalue weighted by atomic mass is 10.2. The van der Waals surface area contributed by atoms with Crippen molar-refractivity contribution >= 4 is 17.3 Å². The molecular formula is C11H12N2O. The van der Waals surface area contributed by atoms with E-state index in [-0.39, 0.29) is 0 Å². The molecule has 1 aromatic carbocycles. The first-order valence-corrected chi connectivity index (χ1v) is 4.92. The van der Waals surface area contributed by atoms with Crippen LogP contribution in [-0.2, 0) is 4.79 Å². The normalized spacial score (nSPS) is 29.1. The van der Waals surface area contributed by atoms with Crippen LogP contribution < -0.4 is 10.6 Å². The van der Waals surface area contributed by atoms with Crippen molar-refractivity contribution in [2.75, 3.05) is 17.2 Å². The fourth-order valence-electron chi connectivity index (χ4n) is 2.16.